The number of nitrogens with zero attached hydrogens (tertiary/aromatic N) is 1. The lowest BCUT2D eigenvalue weighted by molar-refractivity contribution is -0.142. The fraction of sp³-hybridized carbons (Fsp3) is 0.467. The SMILES string of the molecule is Cc1ccc(F)cc1C1C(C(=O)O)CC(=O)N1C(C)C. The van der Waals surface area contributed by atoms with Gasteiger partial charge in [0.25, 0.3) is 0 Å². The standard InChI is InChI=1S/C15H18FNO3/c1-8(2)17-13(18)7-12(15(19)20)14(17)11-6-10(16)5-4-9(11)3/h4-6,8,12,14H,7H2,1-3H3,(H,19,20). The highest BCUT2D eigenvalue weighted by atomic mass is 19.1. The molecule has 0 spiro atoms. The van der Waals surface area contributed by atoms with Gasteiger partial charge in [0.2, 0.25) is 5.91 Å². The molecular formula is C15H18FNO3. The first-order valence-corrected chi connectivity index (χ1v) is 6.63. The molecule has 1 aromatic carbocycles. The Labute approximate surface area is 117 Å². The van der Waals surface area contributed by atoms with Crippen molar-refractivity contribution in [2.45, 2.75) is 39.3 Å². The van der Waals surface area contributed by atoms with Gasteiger partial charge in [-0.25, -0.2) is 4.39 Å². The van der Waals surface area contributed by atoms with Gasteiger partial charge in [-0.15, -0.1) is 0 Å². The van der Waals surface area contributed by atoms with Crippen LogP contribution in [0.4, 0.5) is 4.39 Å². The zero-order valence-corrected chi connectivity index (χ0v) is 11.8. The van der Waals surface area contributed by atoms with E-state index in [1.165, 1.54) is 12.1 Å². The van der Waals surface area contributed by atoms with Crippen molar-refractivity contribution in [3.05, 3.63) is 35.1 Å². The van der Waals surface area contributed by atoms with Crippen molar-refractivity contribution in [1.82, 2.24) is 4.90 Å². The van der Waals surface area contributed by atoms with E-state index in [0.29, 0.717) is 5.56 Å². The second-order valence-electron chi connectivity index (χ2n) is 5.49. The van der Waals surface area contributed by atoms with Gasteiger partial charge in [-0.1, -0.05) is 6.07 Å². The Morgan fingerprint density at radius 3 is 2.65 bits per heavy atom. The van der Waals surface area contributed by atoms with Crippen molar-refractivity contribution in [2.75, 3.05) is 0 Å². The third-order valence-electron chi connectivity index (χ3n) is 3.80. The number of benzene rings is 1. The van der Waals surface area contributed by atoms with Crippen LogP contribution in [-0.2, 0) is 9.59 Å². The van der Waals surface area contributed by atoms with E-state index in [0.717, 1.165) is 5.56 Å². The highest BCUT2D eigenvalue weighted by Crippen LogP contribution is 2.41. The minimum absolute atomic E-state index is 0.0336. The van der Waals surface area contributed by atoms with Gasteiger partial charge in [-0.2, -0.15) is 0 Å². The Morgan fingerprint density at radius 1 is 1.45 bits per heavy atom. The number of carbonyl (C=O) groups excluding carboxylic acids is 1. The summed E-state index contributed by atoms with van der Waals surface area (Å²) in [5, 5.41) is 9.35. The molecule has 0 saturated carbocycles. The number of aryl methyl sites for hydroxylation is 1. The topological polar surface area (TPSA) is 57.6 Å². The number of hydrogen-bond acceptors (Lipinski definition) is 2. The number of carboxylic acid groups (broad SMARTS) is 1. The van der Waals surface area contributed by atoms with E-state index in [1.807, 2.05) is 13.8 Å². The molecular weight excluding hydrogens is 261 g/mol. The first kappa shape index (κ1) is 14.5. The van der Waals surface area contributed by atoms with Crippen molar-refractivity contribution in [3.8, 4) is 0 Å². The molecule has 1 aliphatic rings. The highest BCUT2D eigenvalue weighted by Gasteiger charge is 2.46. The normalized spacial score (nSPS) is 22.6. The zero-order valence-electron chi connectivity index (χ0n) is 11.8. The first-order chi connectivity index (χ1) is 9.32. The van der Waals surface area contributed by atoms with E-state index in [9.17, 15) is 19.1 Å². The number of likely N-dealkylation sites (tertiary alicyclic amines) is 1. The van der Waals surface area contributed by atoms with E-state index in [2.05, 4.69) is 0 Å². The van der Waals surface area contributed by atoms with Gasteiger partial charge < -0.3 is 10.0 Å². The predicted octanol–water partition coefficient (Wildman–Crippen LogP) is 2.52. The lowest BCUT2D eigenvalue weighted by atomic mass is 9.90. The van der Waals surface area contributed by atoms with Crippen LogP contribution in [0, 0.1) is 18.7 Å². The average molecular weight is 279 g/mol. The average Bonchev–Trinajstić information content (AvgIpc) is 2.70. The van der Waals surface area contributed by atoms with E-state index < -0.39 is 23.7 Å². The molecule has 2 unspecified atom stereocenters. The molecule has 0 bridgehead atoms. The third-order valence-corrected chi connectivity index (χ3v) is 3.80. The first-order valence-electron chi connectivity index (χ1n) is 6.63. The molecule has 1 N–H and O–H groups in total. The zero-order chi connectivity index (χ0) is 15.0. The second-order valence-corrected chi connectivity index (χ2v) is 5.49. The van der Waals surface area contributed by atoms with Crippen molar-refractivity contribution < 1.29 is 19.1 Å². The van der Waals surface area contributed by atoms with Crippen LogP contribution in [0.5, 0.6) is 0 Å². The molecule has 0 aliphatic carbocycles. The Hall–Kier alpha value is -1.91. The fourth-order valence-electron chi connectivity index (χ4n) is 2.88. The summed E-state index contributed by atoms with van der Waals surface area (Å²) in [6.07, 6.45) is -0.0336. The predicted molar refractivity (Wildman–Crippen MR) is 71.6 cm³/mol. The summed E-state index contributed by atoms with van der Waals surface area (Å²) in [4.78, 5) is 25.1. The Bertz CT molecular complexity index is 556. The van der Waals surface area contributed by atoms with Crippen LogP contribution < -0.4 is 0 Å². The molecule has 1 amide bonds. The molecule has 1 fully saturated rings. The quantitative estimate of drug-likeness (QED) is 0.925. The van der Waals surface area contributed by atoms with Gasteiger partial charge in [-0.05, 0) is 44.0 Å². The fourth-order valence-corrected chi connectivity index (χ4v) is 2.88. The molecule has 0 aromatic heterocycles. The Morgan fingerprint density at radius 2 is 2.10 bits per heavy atom. The van der Waals surface area contributed by atoms with Crippen molar-refractivity contribution in [2.24, 2.45) is 5.92 Å². The Kier molecular flexibility index (Phi) is 3.79. The molecule has 1 aromatic rings. The Balaban J connectivity index is 2.54. The molecule has 2 atom stereocenters. The van der Waals surface area contributed by atoms with Gasteiger partial charge in [0, 0.05) is 12.5 Å². The van der Waals surface area contributed by atoms with Crippen LogP contribution in [0.15, 0.2) is 18.2 Å². The third kappa shape index (κ3) is 2.40. The van der Waals surface area contributed by atoms with E-state index in [-0.39, 0.29) is 18.4 Å². The maximum atomic E-state index is 13.5. The molecule has 5 heteroatoms. The summed E-state index contributed by atoms with van der Waals surface area (Å²) in [5.41, 5.74) is 1.37. The highest BCUT2D eigenvalue weighted by molar-refractivity contribution is 5.87. The maximum Gasteiger partial charge on any atom is 0.309 e. The second kappa shape index (κ2) is 5.23. The van der Waals surface area contributed by atoms with Crippen LogP contribution in [0.2, 0.25) is 0 Å². The van der Waals surface area contributed by atoms with Gasteiger partial charge in [0.05, 0.1) is 12.0 Å². The van der Waals surface area contributed by atoms with Crippen LogP contribution in [-0.4, -0.2) is 27.9 Å². The van der Waals surface area contributed by atoms with Gasteiger partial charge in [0.15, 0.2) is 0 Å². The summed E-state index contributed by atoms with van der Waals surface area (Å²) in [6.45, 7) is 5.47. The van der Waals surface area contributed by atoms with Crippen LogP contribution in [0.25, 0.3) is 0 Å². The number of rotatable bonds is 3. The molecule has 0 radical (unpaired) electrons. The molecule has 2 rings (SSSR count). The lowest BCUT2D eigenvalue weighted by Gasteiger charge is -2.31. The van der Waals surface area contributed by atoms with Crippen LogP contribution in [0.1, 0.15) is 37.4 Å². The summed E-state index contributed by atoms with van der Waals surface area (Å²) in [7, 11) is 0. The van der Waals surface area contributed by atoms with Gasteiger partial charge in [0.1, 0.15) is 5.82 Å². The summed E-state index contributed by atoms with van der Waals surface area (Å²) < 4.78 is 13.5. The lowest BCUT2D eigenvalue weighted by Crippen LogP contribution is -2.36. The molecule has 1 aliphatic heterocycles. The summed E-state index contributed by atoms with van der Waals surface area (Å²) in [5.74, 6) is -2.46. The van der Waals surface area contributed by atoms with Gasteiger partial charge in [-0.3, -0.25) is 9.59 Å². The smallest absolute Gasteiger partial charge is 0.309 e. The number of amides is 1. The monoisotopic (exact) mass is 279 g/mol. The van der Waals surface area contributed by atoms with Crippen LogP contribution in [0.3, 0.4) is 0 Å². The van der Waals surface area contributed by atoms with E-state index in [1.54, 1.807) is 17.9 Å². The maximum absolute atomic E-state index is 13.5. The van der Waals surface area contributed by atoms with E-state index in [4.69, 9.17) is 0 Å². The number of hydrogen-bond donors (Lipinski definition) is 1. The van der Waals surface area contributed by atoms with Crippen molar-refractivity contribution in [3.63, 3.8) is 0 Å². The minimum atomic E-state index is -1.02. The molecule has 20 heavy (non-hydrogen) atoms. The largest absolute Gasteiger partial charge is 0.481 e. The molecule has 1 saturated heterocycles. The van der Waals surface area contributed by atoms with Crippen molar-refractivity contribution in [1.29, 1.82) is 0 Å². The number of carbonyl (C=O) groups is 2. The molecule has 4 nitrogen and oxygen atoms in total. The van der Waals surface area contributed by atoms with E-state index >= 15 is 0 Å². The van der Waals surface area contributed by atoms with Gasteiger partial charge >= 0.3 is 5.97 Å². The number of carboxylic acids is 1. The summed E-state index contributed by atoms with van der Waals surface area (Å²) in [6, 6.07) is 3.56. The number of halogens is 1. The minimum Gasteiger partial charge on any atom is -0.481 e. The van der Waals surface area contributed by atoms with Crippen molar-refractivity contribution >= 4 is 11.9 Å². The molecule has 1 heterocycles. The summed E-state index contributed by atoms with van der Waals surface area (Å²) >= 11 is 0. The van der Waals surface area contributed by atoms with Crippen LogP contribution >= 0.6 is 0 Å². The number of aliphatic carboxylic acids is 1. The molecule has 108 valence electrons.